The van der Waals surface area contributed by atoms with Crippen molar-refractivity contribution in [3.8, 4) is 23.0 Å². The van der Waals surface area contributed by atoms with Crippen molar-refractivity contribution in [2.75, 3.05) is 6.61 Å². The molecule has 0 fully saturated rings. The summed E-state index contributed by atoms with van der Waals surface area (Å²) >= 11 is 0. The Balaban J connectivity index is 1.33. The van der Waals surface area contributed by atoms with Gasteiger partial charge >= 0.3 is 18.4 Å². The molecule has 0 saturated carbocycles. The molecule has 3 aromatic rings. The number of aromatic nitrogens is 3. The fraction of sp³-hybridized carbons (Fsp3) is 0.263. The van der Waals surface area contributed by atoms with Gasteiger partial charge in [-0.25, -0.2) is 0 Å². The Kier molecular flexibility index (Phi) is 5.53. The third-order valence-corrected chi connectivity index (χ3v) is 4.41. The van der Waals surface area contributed by atoms with Crippen molar-refractivity contribution >= 4 is 5.82 Å². The molecule has 0 unspecified atom stereocenters. The number of nitro groups is 1. The van der Waals surface area contributed by atoms with Crippen LogP contribution in [-0.4, -0.2) is 38.8 Å². The maximum atomic E-state index is 12.2. The summed E-state index contributed by atoms with van der Waals surface area (Å²) in [6.45, 7) is -1.90. The van der Waals surface area contributed by atoms with Gasteiger partial charge in [-0.15, -0.1) is 0 Å². The van der Waals surface area contributed by atoms with Crippen molar-refractivity contribution in [2.45, 2.75) is 25.9 Å². The Labute approximate surface area is 169 Å². The summed E-state index contributed by atoms with van der Waals surface area (Å²) in [5.74, 6) is -0.261. The van der Waals surface area contributed by atoms with Crippen molar-refractivity contribution < 1.29 is 27.9 Å². The van der Waals surface area contributed by atoms with E-state index in [-0.39, 0.29) is 30.3 Å². The molecule has 0 saturated heterocycles. The molecule has 0 aliphatic carbocycles. The van der Waals surface area contributed by atoms with Gasteiger partial charge in [-0.1, -0.05) is 24.3 Å². The summed E-state index contributed by atoms with van der Waals surface area (Å²) < 4.78 is 41.5. The minimum atomic E-state index is -2.89. The van der Waals surface area contributed by atoms with Crippen LogP contribution in [0.5, 0.6) is 11.8 Å². The number of alkyl halides is 2. The van der Waals surface area contributed by atoms with Crippen LogP contribution in [0.3, 0.4) is 0 Å². The lowest BCUT2D eigenvalue weighted by atomic mass is 10.1. The Hall–Kier alpha value is -3.60. The van der Waals surface area contributed by atoms with Gasteiger partial charge in [0, 0.05) is 10.5 Å². The van der Waals surface area contributed by atoms with Gasteiger partial charge in [0.15, 0.2) is 0 Å². The van der Waals surface area contributed by atoms with Gasteiger partial charge in [0.05, 0.1) is 25.0 Å². The van der Waals surface area contributed by atoms with Crippen LogP contribution in [0.25, 0.3) is 11.3 Å². The zero-order valence-electron chi connectivity index (χ0n) is 15.5. The molecule has 156 valence electrons. The fourth-order valence-electron chi connectivity index (χ4n) is 2.97. The van der Waals surface area contributed by atoms with Gasteiger partial charge in [0.1, 0.15) is 24.7 Å². The lowest BCUT2D eigenvalue weighted by molar-refractivity contribution is -0.389. The van der Waals surface area contributed by atoms with Crippen LogP contribution in [0.15, 0.2) is 48.8 Å². The van der Waals surface area contributed by atoms with Crippen molar-refractivity contribution in [3.63, 3.8) is 0 Å². The van der Waals surface area contributed by atoms with E-state index in [1.807, 2.05) is 24.3 Å². The molecule has 11 heteroatoms. The Morgan fingerprint density at radius 1 is 1.27 bits per heavy atom. The number of hydrogen-bond acceptors (Lipinski definition) is 7. The van der Waals surface area contributed by atoms with Crippen LogP contribution in [0.1, 0.15) is 5.56 Å². The third kappa shape index (κ3) is 4.51. The second kappa shape index (κ2) is 8.41. The minimum Gasteiger partial charge on any atom is -0.443 e. The summed E-state index contributed by atoms with van der Waals surface area (Å²) in [6, 6.07) is 10.7. The Morgan fingerprint density at radius 2 is 2.07 bits per heavy atom. The highest BCUT2D eigenvalue weighted by Crippen LogP contribution is 2.24. The smallest absolute Gasteiger partial charge is 0.414 e. The van der Waals surface area contributed by atoms with Crippen molar-refractivity contribution in [1.29, 1.82) is 0 Å². The van der Waals surface area contributed by atoms with Gasteiger partial charge in [-0.2, -0.15) is 8.78 Å². The van der Waals surface area contributed by atoms with E-state index in [0.29, 0.717) is 18.8 Å². The number of fused-ring (bicyclic) bond motifs is 1. The first-order valence-corrected chi connectivity index (χ1v) is 8.94. The number of hydrogen-bond donors (Lipinski definition) is 0. The molecule has 1 aliphatic heterocycles. The molecule has 0 amide bonds. The average Bonchev–Trinajstić information content (AvgIpc) is 3.17. The second-order valence-electron chi connectivity index (χ2n) is 6.49. The molecule has 0 spiro atoms. The van der Waals surface area contributed by atoms with Gasteiger partial charge < -0.3 is 24.3 Å². The third-order valence-electron chi connectivity index (χ3n) is 4.41. The van der Waals surface area contributed by atoms with Crippen LogP contribution < -0.4 is 9.47 Å². The Bertz CT molecular complexity index is 1020. The molecule has 3 heterocycles. The number of benzene rings is 1. The second-order valence-corrected chi connectivity index (χ2v) is 6.49. The summed E-state index contributed by atoms with van der Waals surface area (Å²) in [5, 5.41) is 10.8. The lowest BCUT2D eigenvalue weighted by Crippen LogP contribution is -2.32. The first kappa shape index (κ1) is 19.7. The largest absolute Gasteiger partial charge is 0.443 e. The maximum Gasteiger partial charge on any atom is 0.414 e. The van der Waals surface area contributed by atoms with Crippen molar-refractivity contribution in [2.24, 2.45) is 0 Å². The fourth-order valence-corrected chi connectivity index (χ4v) is 2.97. The first-order valence-electron chi connectivity index (χ1n) is 8.94. The summed E-state index contributed by atoms with van der Waals surface area (Å²) in [7, 11) is 0. The quantitative estimate of drug-likeness (QED) is 0.428. The van der Waals surface area contributed by atoms with E-state index in [9.17, 15) is 18.9 Å². The van der Waals surface area contributed by atoms with Crippen LogP contribution in [0.2, 0.25) is 0 Å². The van der Waals surface area contributed by atoms with Crippen LogP contribution in [0.4, 0.5) is 14.6 Å². The Morgan fingerprint density at radius 3 is 2.73 bits per heavy atom. The zero-order valence-corrected chi connectivity index (χ0v) is 15.5. The normalized spacial score (nSPS) is 15.5. The molecule has 0 bridgehead atoms. The van der Waals surface area contributed by atoms with Gasteiger partial charge in [-0.3, -0.25) is 9.55 Å². The predicted octanol–water partition coefficient (Wildman–Crippen LogP) is 3.43. The first-order chi connectivity index (χ1) is 14.5. The van der Waals surface area contributed by atoms with E-state index >= 15 is 0 Å². The van der Waals surface area contributed by atoms with Crippen molar-refractivity contribution in [3.05, 3.63) is 64.5 Å². The highest BCUT2D eigenvalue weighted by atomic mass is 19.3. The summed E-state index contributed by atoms with van der Waals surface area (Å²) in [6.07, 6.45) is 2.30. The van der Waals surface area contributed by atoms with E-state index in [2.05, 4.69) is 14.7 Å². The average molecular weight is 418 g/mol. The molecule has 9 nitrogen and oxygen atoms in total. The summed E-state index contributed by atoms with van der Waals surface area (Å²) in [5.41, 5.74) is 2.36. The van der Waals surface area contributed by atoms with Crippen LogP contribution in [0, 0.1) is 10.1 Å². The molecule has 2 aromatic heterocycles. The molecule has 0 radical (unpaired) electrons. The number of halogens is 2. The minimum absolute atomic E-state index is 0.000136. The van der Waals surface area contributed by atoms with Gasteiger partial charge in [0.2, 0.25) is 0 Å². The predicted molar refractivity (Wildman–Crippen MR) is 99.3 cm³/mol. The molecule has 4 rings (SSSR count). The van der Waals surface area contributed by atoms with E-state index in [0.717, 1.165) is 11.1 Å². The number of imidazole rings is 1. The monoisotopic (exact) mass is 418 g/mol. The number of nitrogens with zero attached hydrogens (tertiary/aromatic N) is 4. The summed E-state index contributed by atoms with van der Waals surface area (Å²) in [4.78, 5) is 18.2. The van der Waals surface area contributed by atoms with E-state index in [1.54, 1.807) is 10.6 Å². The standard InChI is InChI=1S/C19H16F2N4O5/c20-18(21)30-14-5-6-16(22-7-14)13-3-1-12(2-4-13)10-28-15-8-24-9-17(25(26)27)23-19(24)29-11-15/h1-7,9,15,18H,8,10-11H2/t15-/m0/s1. The van der Waals surface area contributed by atoms with Crippen molar-refractivity contribution in [1.82, 2.24) is 14.5 Å². The number of rotatable bonds is 7. The molecule has 1 atom stereocenters. The van der Waals surface area contributed by atoms with Gasteiger partial charge in [-0.05, 0) is 22.6 Å². The highest BCUT2D eigenvalue weighted by molar-refractivity contribution is 5.59. The van der Waals surface area contributed by atoms with E-state index in [1.165, 1.54) is 18.5 Å². The van der Waals surface area contributed by atoms with Crippen LogP contribution in [-0.2, 0) is 17.9 Å². The number of pyridine rings is 1. The van der Waals surface area contributed by atoms with E-state index < -0.39 is 11.5 Å². The van der Waals surface area contributed by atoms with Crippen LogP contribution >= 0.6 is 0 Å². The van der Waals surface area contributed by atoms with E-state index in [4.69, 9.17) is 9.47 Å². The lowest BCUT2D eigenvalue weighted by Gasteiger charge is -2.22. The maximum absolute atomic E-state index is 12.2. The molecule has 1 aliphatic rings. The topological polar surface area (TPSA) is 102 Å². The van der Waals surface area contributed by atoms with Gasteiger partial charge in [0.25, 0.3) is 0 Å². The number of ether oxygens (including phenoxy) is 3. The molecule has 1 aromatic carbocycles. The molecule has 30 heavy (non-hydrogen) atoms. The molecular weight excluding hydrogens is 402 g/mol. The molecular formula is C19H16F2N4O5. The molecule has 0 N–H and O–H groups in total. The zero-order chi connectivity index (χ0) is 21.1. The SMILES string of the molecule is O=[N+]([O-])c1cn2c(n1)OC[C@@H](OCc1ccc(-c3ccc(OC(F)F)cn3)cc1)C2. The highest BCUT2D eigenvalue weighted by Gasteiger charge is 2.28.